The van der Waals surface area contributed by atoms with Gasteiger partial charge in [-0.1, -0.05) is 0 Å². The summed E-state index contributed by atoms with van der Waals surface area (Å²) in [5.74, 6) is 0.167. The molecule has 0 fully saturated rings. The minimum absolute atomic E-state index is 0.297. The summed E-state index contributed by atoms with van der Waals surface area (Å²) in [7, 11) is 0. The number of furan rings is 1. The van der Waals surface area contributed by atoms with E-state index in [4.69, 9.17) is 4.42 Å². The van der Waals surface area contributed by atoms with Crippen LogP contribution in [0, 0.1) is 0 Å². The van der Waals surface area contributed by atoms with Crippen molar-refractivity contribution in [2.45, 2.75) is 0 Å². The molecule has 0 aliphatic carbocycles. The second-order valence-corrected chi connectivity index (χ2v) is 4.03. The number of aromatic nitrogens is 3. The van der Waals surface area contributed by atoms with Crippen molar-refractivity contribution in [1.29, 1.82) is 0 Å². The molecule has 0 spiro atoms. The van der Waals surface area contributed by atoms with E-state index >= 15 is 0 Å². The first-order chi connectivity index (χ1) is 9.83. The van der Waals surface area contributed by atoms with Gasteiger partial charge < -0.3 is 9.73 Å². The van der Waals surface area contributed by atoms with Gasteiger partial charge in [-0.2, -0.15) is 0 Å². The monoisotopic (exact) mass is 266 g/mol. The first-order valence-electron chi connectivity index (χ1n) is 5.88. The summed E-state index contributed by atoms with van der Waals surface area (Å²) in [5.41, 5.74) is 2.24. The van der Waals surface area contributed by atoms with Gasteiger partial charge in [-0.3, -0.25) is 4.79 Å². The third kappa shape index (κ3) is 2.54. The molecule has 3 aromatic heterocycles. The summed E-state index contributed by atoms with van der Waals surface area (Å²) in [6, 6.07) is 5.43. The SMILES string of the molecule is O=C(Nc1ccc(-c2ccoc2)cn1)c1cncnc1. The number of hydrogen-bond acceptors (Lipinski definition) is 5. The molecule has 0 saturated heterocycles. The van der Waals surface area contributed by atoms with Gasteiger partial charge >= 0.3 is 0 Å². The van der Waals surface area contributed by atoms with Crippen LogP contribution in [-0.4, -0.2) is 20.9 Å². The number of hydrogen-bond donors (Lipinski definition) is 1. The minimum atomic E-state index is -0.297. The lowest BCUT2D eigenvalue weighted by molar-refractivity contribution is 0.102. The van der Waals surface area contributed by atoms with E-state index in [1.165, 1.54) is 18.7 Å². The maximum Gasteiger partial charge on any atom is 0.259 e. The Balaban J connectivity index is 1.74. The smallest absolute Gasteiger partial charge is 0.259 e. The van der Waals surface area contributed by atoms with Crippen molar-refractivity contribution in [3.05, 3.63) is 61.2 Å². The van der Waals surface area contributed by atoms with Crippen molar-refractivity contribution in [2.75, 3.05) is 5.32 Å². The highest BCUT2D eigenvalue weighted by Crippen LogP contribution is 2.19. The Morgan fingerprint density at radius 1 is 1.05 bits per heavy atom. The predicted octanol–water partition coefficient (Wildman–Crippen LogP) is 2.38. The number of nitrogens with zero attached hydrogens (tertiary/aromatic N) is 3. The van der Waals surface area contributed by atoms with Crippen molar-refractivity contribution in [3.8, 4) is 11.1 Å². The van der Waals surface area contributed by atoms with E-state index in [1.807, 2.05) is 12.1 Å². The minimum Gasteiger partial charge on any atom is -0.472 e. The van der Waals surface area contributed by atoms with Crippen LogP contribution in [0.15, 0.2) is 60.1 Å². The Bertz CT molecular complexity index is 694. The van der Waals surface area contributed by atoms with Crippen molar-refractivity contribution in [1.82, 2.24) is 15.0 Å². The summed E-state index contributed by atoms with van der Waals surface area (Å²) in [6.07, 6.45) is 9.16. The van der Waals surface area contributed by atoms with Crippen LogP contribution in [-0.2, 0) is 0 Å². The Kier molecular flexibility index (Phi) is 3.20. The van der Waals surface area contributed by atoms with Gasteiger partial charge in [0, 0.05) is 29.7 Å². The average Bonchev–Trinajstić information content (AvgIpc) is 3.03. The summed E-state index contributed by atoms with van der Waals surface area (Å²) < 4.78 is 5.01. The molecule has 6 heteroatoms. The first kappa shape index (κ1) is 12.0. The van der Waals surface area contributed by atoms with Crippen molar-refractivity contribution in [3.63, 3.8) is 0 Å². The van der Waals surface area contributed by atoms with E-state index in [9.17, 15) is 4.79 Å². The maximum atomic E-state index is 11.9. The van der Waals surface area contributed by atoms with Gasteiger partial charge in [0.1, 0.15) is 12.1 Å². The molecule has 0 unspecified atom stereocenters. The molecule has 3 heterocycles. The van der Waals surface area contributed by atoms with Crippen molar-refractivity contribution >= 4 is 11.7 Å². The van der Waals surface area contributed by atoms with E-state index < -0.39 is 0 Å². The van der Waals surface area contributed by atoms with E-state index in [1.54, 1.807) is 24.8 Å². The fourth-order valence-electron chi connectivity index (χ4n) is 1.67. The van der Waals surface area contributed by atoms with Crippen LogP contribution >= 0.6 is 0 Å². The molecule has 0 atom stereocenters. The molecule has 0 aliphatic rings. The fraction of sp³-hybridized carbons (Fsp3) is 0. The summed E-state index contributed by atoms with van der Waals surface area (Å²) in [6.45, 7) is 0. The lowest BCUT2D eigenvalue weighted by Gasteiger charge is -2.04. The molecule has 3 aromatic rings. The lowest BCUT2D eigenvalue weighted by atomic mass is 10.1. The largest absolute Gasteiger partial charge is 0.472 e. The van der Waals surface area contributed by atoms with Gasteiger partial charge in [-0.25, -0.2) is 15.0 Å². The highest BCUT2D eigenvalue weighted by Gasteiger charge is 2.07. The van der Waals surface area contributed by atoms with Crippen LogP contribution in [0.4, 0.5) is 5.82 Å². The number of carbonyl (C=O) groups is 1. The lowest BCUT2D eigenvalue weighted by Crippen LogP contribution is -2.13. The normalized spacial score (nSPS) is 10.2. The van der Waals surface area contributed by atoms with Crippen LogP contribution in [0.1, 0.15) is 10.4 Å². The molecule has 1 N–H and O–H groups in total. The van der Waals surface area contributed by atoms with Crippen LogP contribution in [0.25, 0.3) is 11.1 Å². The van der Waals surface area contributed by atoms with Gasteiger partial charge in [-0.15, -0.1) is 0 Å². The third-order valence-corrected chi connectivity index (χ3v) is 2.68. The maximum absolute atomic E-state index is 11.9. The highest BCUT2D eigenvalue weighted by atomic mass is 16.3. The molecule has 6 nitrogen and oxygen atoms in total. The number of nitrogens with one attached hydrogen (secondary N) is 1. The number of rotatable bonds is 3. The molecular formula is C14H10N4O2. The molecule has 0 aliphatic heterocycles. The number of carbonyl (C=O) groups excluding carboxylic acids is 1. The van der Waals surface area contributed by atoms with Crippen LogP contribution in [0.3, 0.4) is 0 Å². The summed E-state index contributed by atoms with van der Waals surface area (Å²) >= 11 is 0. The fourth-order valence-corrected chi connectivity index (χ4v) is 1.67. The molecular weight excluding hydrogens is 256 g/mol. The van der Waals surface area contributed by atoms with Gasteiger partial charge in [0.05, 0.1) is 18.1 Å². The zero-order valence-electron chi connectivity index (χ0n) is 10.4. The Labute approximate surface area is 114 Å². The summed E-state index contributed by atoms with van der Waals surface area (Å²) in [5, 5.41) is 2.68. The molecule has 0 saturated carbocycles. The average molecular weight is 266 g/mol. The quantitative estimate of drug-likeness (QED) is 0.787. The highest BCUT2D eigenvalue weighted by molar-refractivity contribution is 6.03. The van der Waals surface area contributed by atoms with Crippen molar-refractivity contribution in [2.24, 2.45) is 0 Å². The Hall–Kier alpha value is -3.02. The van der Waals surface area contributed by atoms with Gasteiger partial charge in [0.15, 0.2) is 0 Å². The standard InChI is InChI=1S/C14H10N4O2/c19-14(12-5-15-9-16-6-12)18-13-2-1-10(7-17-13)11-3-4-20-8-11/h1-9H,(H,17,18,19). The van der Waals surface area contributed by atoms with Crippen molar-refractivity contribution < 1.29 is 9.21 Å². The number of pyridine rings is 1. The molecule has 20 heavy (non-hydrogen) atoms. The van der Waals surface area contributed by atoms with Gasteiger partial charge in [0.2, 0.25) is 0 Å². The van der Waals surface area contributed by atoms with E-state index in [2.05, 4.69) is 20.3 Å². The molecule has 98 valence electrons. The molecule has 3 rings (SSSR count). The number of amides is 1. The molecule has 0 radical (unpaired) electrons. The van der Waals surface area contributed by atoms with Crippen LogP contribution < -0.4 is 5.32 Å². The number of anilines is 1. The second-order valence-electron chi connectivity index (χ2n) is 4.03. The zero-order chi connectivity index (χ0) is 13.8. The van der Waals surface area contributed by atoms with E-state index in [-0.39, 0.29) is 5.91 Å². The van der Waals surface area contributed by atoms with E-state index in [0.717, 1.165) is 11.1 Å². The molecule has 0 aromatic carbocycles. The molecule has 1 amide bonds. The van der Waals surface area contributed by atoms with Crippen LogP contribution in [0.2, 0.25) is 0 Å². The predicted molar refractivity (Wildman–Crippen MR) is 71.9 cm³/mol. The Morgan fingerprint density at radius 3 is 2.55 bits per heavy atom. The topological polar surface area (TPSA) is 80.9 Å². The van der Waals surface area contributed by atoms with Crippen LogP contribution in [0.5, 0.6) is 0 Å². The van der Waals surface area contributed by atoms with Gasteiger partial charge in [-0.05, 0) is 18.2 Å². The van der Waals surface area contributed by atoms with Gasteiger partial charge in [0.25, 0.3) is 5.91 Å². The third-order valence-electron chi connectivity index (χ3n) is 2.68. The first-order valence-corrected chi connectivity index (χ1v) is 5.88. The zero-order valence-corrected chi connectivity index (χ0v) is 10.4. The van der Waals surface area contributed by atoms with E-state index in [0.29, 0.717) is 11.4 Å². The molecule has 0 bridgehead atoms. The Morgan fingerprint density at radius 2 is 1.90 bits per heavy atom. The second kappa shape index (κ2) is 5.31. The summed E-state index contributed by atoms with van der Waals surface area (Å²) in [4.78, 5) is 23.7.